The minimum Gasteiger partial charge on any atom is -0.278 e. The summed E-state index contributed by atoms with van der Waals surface area (Å²) in [6, 6.07) is 0.0937. The molecule has 4 heteroatoms. The van der Waals surface area contributed by atoms with Crippen molar-refractivity contribution in [3.63, 3.8) is 0 Å². The summed E-state index contributed by atoms with van der Waals surface area (Å²) < 4.78 is 0.458. The second-order valence-corrected chi connectivity index (χ2v) is 4.60. The highest BCUT2D eigenvalue weighted by Crippen LogP contribution is 2.23. The molecule has 84 valence electrons. The number of nitrogens with zero attached hydrogens (tertiary/aromatic N) is 1. The third-order valence-corrected chi connectivity index (χ3v) is 3.57. The van der Waals surface area contributed by atoms with E-state index in [-0.39, 0.29) is 11.9 Å². The molecule has 0 unspecified atom stereocenters. The molecular weight excluding hydrogens is 258 g/mol. The molecule has 0 radical (unpaired) electrons. The first-order valence-electron chi connectivity index (χ1n) is 5.30. The van der Waals surface area contributed by atoms with Gasteiger partial charge in [0.2, 0.25) is 6.41 Å². The van der Waals surface area contributed by atoms with Crippen molar-refractivity contribution in [3.05, 3.63) is 10.6 Å². The Bertz CT molecular complexity index is 270. The summed E-state index contributed by atoms with van der Waals surface area (Å²) in [5.41, 5.74) is 0. The smallest absolute Gasteiger partial charge is 0.267 e. The molecule has 1 aliphatic rings. The van der Waals surface area contributed by atoms with E-state index in [4.69, 9.17) is 0 Å². The lowest BCUT2D eigenvalue weighted by atomic mass is 9.94. The van der Waals surface area contributed by atoms with Gasteiger partial charge in [0.15, 0.2) is 0 Å². The van der Waals surface area contributed by atoms with E-state index in [0.717, 1.165) is 25.7 Å². The predicted molar refractivity (Wildman–Crippen MR) is 62.5 cm³/mol. The Morgan fingerprint density at radius 1 is 1.33 bits per heavy atom. The highest BCUT2D eigenvalue weighted by atomic mass is 79.9. The van der Waals surface area contributed by atoms with Gasteiger partial charge in [-0.25, -0.2) is 0 Å². The highest BCUT2D eigenvalue weighted by molar-refractivity contribution is 9.12. The number of hydrogen-bond acceptors (Lipinski definition) is 2. The number of imide groups is 1. The Morgan fingerprint density at radius 2 is 1.93 bits per heavy atom. The van der Waals surface area contributed by atoms with Crippen LogP contribution in [0, 0.1) is 0 Å². The van der Waals surface area contributed by atoms with Crippen LogP contribution in [0.4, 0.5) is 0 Å². The number of hydrogen-bond donors (Lipinski definition) is 0. The fourth-order valence-corrected chi connectivity index (χ4v) is 2.11. The molecule has 0 spiro atoms. The maximum Gasteiger partial charge on any atom is 0.267 e. The molecule has 0 heterocycles. The van der Waals surface area contributed by atoms with Crippen LogP contribution in [0.5, 0.6) is 0 Å². The van der Waals surface area contributed by atoms with Gasteiger partial charge in [0, 0.05) is 6.04 Å². The van der Waals surface area contributed by atoms with Gasteiger partial charge < -0.3 is 0 Å². The van der Waals surface area contributed by atoms with Crippen LogP contribution in [0.15, 0.2) is 10.6 Å². The van der Waals surface area contributed by atoms with Crippen LogP contribution in [-0.2, 0) is 9.59 Å². The van der Waals surface area contributed by atoms with E-state index >= 15 is 0 Å². The number of amides is 2. The first-order chi connectivity index (χ1) is 7.20. The van der Waals surface area contributed by atoms with Gasteiger partial charge in [0.05, 0.1) is 4.48 Å². The molecule has 15 heavy (non-hydrogen) atoms. The Morgan fingerprint density at radius 3 is 2.40 bits per heavy atom. The predicted octanol–water partition coefficient (Wildman–Crippen LogP) is 2.60. The summed E-state index contributed by atoms with van der Waals surface area (Å²) in [4.78, 5) is 24.0. The van der Waals surface area contributed by atoms with Gasteiger partial charge in [-0.05, 0) is 35.7 Å². The number of carbonyl (C=O) groups is 2. The molecule has 0 N–H and O–H groups in total. The number of rotatable bonds is 3. The minimum atomic E-state index is -0.223. The van der Waals surface area contributed by atoms with Crippen molar-refractivity contribution in [2.24, 2.45) is 0 Å². The molecule has 0 aromatic carbocycles. The molecule has 0 aromatic rings. The van der Waals surface area contributed by atoms with Gasteiger partial charge >= 0.3 is 0 Å². The first kappa shape index (κ1) is 12.4. The molecule has 0 saturated heterocycles. The topological polar surface area (TPSA) is 37.4 Å². The summed E-state index contributed by atoms with van der Waals surface area (Å²) >= 11 is 3.16. The van der Waals surface area contributed by atoms with Crippen molar-refractivity contribution in [2.75, 3.05) is 0 Å². The zero-order chi connectivity index (χ0) is 11.3. The van der Waals surface area contributed by atoms with E-state index in [0.29, 0.717) is 10.9 Å². The summed E-state index contributed by atoms with van der Waals surface area (Å²) in [5, 5.41) is 0. The van der Waals surface area contributed by atoms with Gasteiger partial charge in [0.1, 0.15) is 0 Å². The summed E-state index contributed by atoms with van der Waals surface area (Å²) in [6.07, 6.45) is 7.63. The molecule has 1 aliphatic carbocycles. The van der Waals surface area contributed by atoms with Crippen LogP contribution in [0.3, 0.4) is 0 Å². The van der Waals surface area contributed by atoms with Crippen LogP contribution in [0.1, 0.15) is 39.0 Å². The quantitative estimate of drug-likeness (QED) is 0.586. The standard InChI is InChI=1S/C11H16BrNO2/c1-2-10(12)11(15)13(8-14)9-6-4-3-5-7-9/h2,8-9H,3-7H2,1H3/b10-2+. The van der Waals surface area contributed by atoms with Gasteiger partial charge in [-0.3, -0.25) is 14.5 Å². The maximum atomic E-state index is 11.8. The largest absolute Gasteiger partial charge is 0.278 e. The molecule has 2 amide bonds. The van der Waals surface area contributed by atoms with Crippen LogP contribution in [0.2, 0.25) is 0 Å². The van der Waals surface area contributed by atoms with Crippen molar-refractivity contribution in [1.29, 1.82) is 0 Å². The zero-order valence-corrected chi connectivity index (χ0v) is 10.5. The Kier molecular flexibility index (Phi) is 5.02. The number of allylic oxidation sites excluding steroid dienone is 1. The van der Waals surface area contributed by atoms with E-state index < -0.39 is 0 Å². The third-order valence-electron chi connectivity index (χ3n) is 2.77. The van der Waals surface area contributed by atoms with E-state index in [1.165, 1.54) is 11.3 Å². The maximum absolute atomic E-state index is 11.8. The number of halogens is 1. The first-order valence-corrected chi connectivity index (χ1v) is 6.09. The monoisotopic (exact) mass is 273 g/mol. The lowest BCUT2D eigenvalue weighted by Crippen LogP contribution is -2.40. The SMILES string of the molecule is C/C=C(/Br)C(=O)N(C=O)C1CCCCC1. The molecule has 0 aromatic heterocycles. The van der Waals surface area contributed by atoms with Gasteiger partial charge in [-0.2, -0.15) is 0 Å². The third kappa shape index (κ3) is 3.16. The molecule has 0 atom stereocenters. The lowest BCUT2D eigenvalue weighted by molar-refractivity contribution is -0.137. The molecule has 1 saturated carbocycles. The molecule has 0 bridgehead atoms. The van der Waals surface area contributed by atoms with Crippen molar-refractivity contribution in [1.82, 2.24) is 4.90 Å². The van der Waals surface area contributed by atoms with E-state index in [1.54, 1.807) is 13.0 Å². The van der Waals surface area contributed by atoms with E-state index in [1.807, 2.05) is 0 Å². The molecule has 1 rings (SSSR count). The minimum absolute atomic E-state index is 0.0937. The van der Waals surface area contributed by atoms with Gasteiger partial charge in [-0.15, -0.1) is 0 Å². The average Bonchev–Trinajstić information content (AvgIpc) is 2.30. The Labute approximate surface area is 98.6 Å². The Balaban J connectivity index is 2.69. The van der Waals surface area contributed by atoms with Crippen molar-refractivity contribution in [2.45, 2.75) is 45.1 Å². The fourth-order valence-electron chi connectivity index (χ4n) is 1.91. The number of carbonyl (C=O) groups excluding carboxylic acids is 2. The normalized spacial score (nSPS) is 18.7. The lowest BCUT2D eigenvalue weighted by Gasteiger charge is -2.29. The molecular formula is C11H16BrNO2. The second-order valence-electron chi connectivity index (χ2n) is 3.75. The average molecular weight is 274 g/mol. The second kappa shape index (κ2) is 6.05. The summed E-state index contributed by atoms with van der Waals surface area (Å²) in [5.74, 6) is -0.223. The summed E-state index contributed by atoms with van der Waals surface area (Å²) in [7, 11) is 0. The van der Waals surface area contributed by atoms with E-state index in [2.05, 4.69) is 15.9 Å². The van der Waals surface area contributed by atoms with Crippen LogP contribution < -0.4 is 0 Å². The van der Waals surface area contributed by atoms with E-state index in [9.17, 15) is 9.59 Å². The van der Waals surface area contributed by atoms with Crippen LogP contribution in [-0.4, -0.2) is 23.3 Å². The highest BCUT2D eigenvalue weighted by Gasteiger charge is 2.25. The fraction of sp³-hybridized carbons (Fsp3) is 0.636. The Hall–Kier alpha value is -0.640. The van der Waals surface area contributed by atoms with Gasteiger partial charge in [-0.1, -0.05) is 25.3 Å². The molecule has 0 aliphatic heterocycles. The van der Waals surface area contributed by atoms with Crippen molar-refractivity contribution < 1.29 is 9.59 Å². The van der Waals surface area contributed by atoms with Crippen molar-refractivity contribution >= 4 is 28.2 Å². The molecule has 1 fully saturated rings. The molecule has 3 nitrogen and oxygen atoms in total. The van der Waals surface area contributed by atoms with Gasteiger partial charge in [0.25, 0.3) is 5.91 Å². The summed E-state index contributed by atoms with van der Waals surface area (Å²) in [6.45, 7) is 1.77. The van der Waals surface area contributed by atoms with Crippen LogP contribution >= 0.6 is 15.9 Å². The van der Waals surface area contributed by atoms with Crippen molar-refractivity contribution in [3.8, 4) is 0 Å². The van der Waals surface area contributed by atoms with Crippen LogP contribution in [0.25, 0.3) is 0 Å². The zero-order valence-electron chi connectivity index (χ0n) is 8.91.